The lowest BCUT2D eigenvalue weighted by Gasteiger charge is -2.26. The van der Waals surface area contributed by atoms with Gasteiger partial charge in [0.1, 0.15) is 10.6 Å². The van der Waals surface area contributed by atoms with Gasteiger partial charge in [-0.2, -0.15) is 0 Å². The Morgan fingerprint density at radius 1 is 1.50 bits per heavy atom. The topological polar surface area (TPSA) is 63.5 Å². The molecule has 2 rings (SSSR count). The maximum Gasteiger partial charge on any atom is 0.300 e. The van der Waals surface area contributed by atoms with Crippen LogP contribution in [0.25, 0.3) is 0 Å². The third-order valence-corrected chi connectivity index (χ3v) is 3.74. The Kier molecular flexibility index (Phi) is 4.28. The minimum atomic E-state index is -0.592. The molecule has 1 aromatic rings. The van der Waals surface area contributed by atoms with Crippen LogP contribution >= 0.6 is 11.6 Å². The molecule has 1 amide bonds. The summed E-state index contributed by atoms with van der Waals surface area (Å²) >= 11 is 5.86. The molecule has 108 valence electrons. The summed E-state index contributed by atoms with van der Waals surface area (Å²) in [5.41, 5.74) is -0.238. The number of nitrogens with zero attached hydrogens (tertiary/aromatic N) is 2. The van der Waals surface area contributed by atoms with Crippen LogP contribution in [0.1, 0.15) is 37.0 Å². The summed E-state index contributed by atoms with van der Waals surface area (Å²) in [4.78, 5) is 24.8. The molecule has 1 aliphatic carbocycles. The molecular formula is C14H17ClN2O3. The Morgan fingerprint density at radius 2 is 2.15 bits per heavy atom. The highest BCUT2D eigenvalue weighted by Gasteiger charge is 2.32. The molecule has 1 aromatic carbocycles. The number of nitro groups is 1. The van der Waals surface area contributed by atoms with E-state index in [1.165, 1.54) is 12.1 Å². The molecule has 0 aliphatic heterocycles. The average Bonchev–Trinajstić information content (AvgIpc) is 3.18. The van der Waals surface area contributed by atoms with Gasteiger partial charge in [0.2, 0.25) is 0 Å². The average molecular weight is 297 g/mol. The number of carbonyl (C=O) groups excluding carboxylic acids is 1. The largest absolute Gasteiger partial charge is 0.336 e. The number of nitro benzene ring substituents is 1. The van der Waals surface area contributed by atoms with Crippen molar-refractivity contribution in [3.05, 3.63) is 38.9 Å². The molecule has 5 nitrogen and oxygen atoms in total. The Labute approximate surface area is 122 Å². The first-order valence-electron chi connectivity index (χ1n) is 6.65. The van der Waals surface area contributed by atoms with Crippen molar-refractivity contribution in [1.82, 2.24) is 4.90 Å². The first-order valence-corrected chi connectivity index (χ1v) is 7.03. The van der Waals surface area contributed by atoms with Gasteiger partial charge in [0.25, 0.3) is 5.91 Å². The van der Waals surface area contributed by atoms with Crippen molar-refractivity contribution in [2.45, 2.75) is 32.7 Å². The third-order valence-electron chi connectivity index (χ3n) is 3.44. The van der Waals surface area contributed by atoms with Crippen LogP contribution in [0.2, 0.25) is 5.02 Å². The van der Waals surface area contributed by atoms with E-state index in [0.29, 0.717) is 12.5 Å². The second-order valence-electron chi connectivity index (χ2n) is 5.39. The van der Waals surface area contributed by atoms with E-state index in [2.05, 4.69) is 0 Å². The standard InChI is InChI=1S/C14H17ClN2O3/c1-9(2)16(8-10-6-7-10)14(18)11-4-3-5-12(15)13(11)17(19)20/h3-5,9-10H,6-8H2,1-2H3. The van der Waals surface area contributed by atoms with Gasteiger partial charge in [0, 0.05) is 12.6 Å². The zero-order valence-electron chi connectivity index (χ0n) is 11.5. The SMILES string of the molecule is CC(C)N(CC1CC1)C(=O)c1cccc(Cl)c1[N+](=O)[O-]. The highest BCUT2D eigenvalue weighted by atomic mass is 35.5. The zero-order chi connectivity index (χ0) is 14.9. The fourth-order valence-electron chi connectivity index (χ4n) is 2.14. The Hall–Kier alpha value is -1.62. The van der Waals surface area contributed by atoms with Gasteiger partial charge in [-0.25, -0.2) is 0 Å². The van der Waals surface area contributed by atoms with E-state index in [-0.39, 0.29) is 28.2 Å². The number of amides is 1. The molecule has 0 spiro atoms. The lowest BCUT2D eigenvalue weighted by Crippen LogP contribution is -2.38. The molecular weight excluding hydrogens is 280 g/mol. The van der Waals surface area contributed by atoms with Crippen LogP contribution in [0, 0.1) is 16.0 Å². The van der Waals surface area contributed by atoms with Crippen molar-refractivity contribution >= 4 is 23.2 Å². The molecule has 0 N–H and O–H groups in total. The summed E-state index contributed by atoms with van der Waals surface area (Å²) in [7, 11) is 0. The van der Waals surface area contributed by atoms with Crippen LogP contribution in [-0.2, 0) is 0 Å². The molecule has 0 heterocycles. The Balaban J connectivity index is 2.35. The molecule has 0 bridgehead atoms. The quantitative estimate of drug-likeness (QED) is 0.617. The maximum atomic E-state index is 12.6. The smallest absolute Gasteiger partial charge is 0.300 e. The van der Waals surface area contributed by atoms with Crippen LogP contribution in [0.4, 0.5) is 5.69 Å². The molecule has 0 radical (unpaired) electrons. The Morgan fingerprint density at radius 3 is 2.65 bits per heavy atom. The molecule has 0 unspecified atom stereocenters. The van der Waals surface area contributed by atoms with E-state index < -0.39 is 4.92 Å². The fraction of sp³-hybridized carbons (Fsp3) is 0.500. The molecule has 1 aliphatic rings. The Bertz CT molecular complexity index is 541. The number of hydrogen-bond acceptors (Lipinski definition) is 3. The second-order valence-corrected chi connectivity index (χ2v) is 5.79. The first-order chi connectivity index (χ1) is 9.41. The van der Waals surface area contributed by atoms with Gasteiger partial charge in [-0.15, -0.1) is 0 Å². The van der Waals surface area contributed by atoms with Gasteiger partial charge in [0.05, 0.1) is 4.92 Å². The van der Waals surface area contributed by atoms with Crippen molar-refractivity contribution in [2.75, 3.05) is 6.54 Å². The fourth-order valence-corrected chi connectivity index (χ4v) is 2.38. The number of benzene rings is 1. The molecule has 0 aromatic heterocycles. The monoisotopic (exact) mass is 296 g/mol. The summed E-state index contributed by atoms with van der Waals surface area (Å²) in [5, 5.41) is 11.1. The van der Waals surface area contributed by atoms with Gasteiger partial charge in [-0.3, -0.25) is 14.9 Å². The van der Waals surface area contributed by atoms with E-state index in [4.69, 9.17) is 11.6 Å². The molecule has 0 atom stereocenters. The molecule has 20 heavy (non-hydrogen) atoms. The summed E-state index contributed by atoms with van der Waals surface area (Å²) in [6, 6.07) is 4.46. The van der Waals surface area contributed by atoms with Crippen molar-refractivity contribution in [1.29, 1.82) is 0 Å². The summed E-state index contributed by atoms with van der Waals surface area (Å²) in [5.74, 6) is 0.209. The first kappa shape index (κ1) is 14.8. The summed E-state index contributed by atoms with van der Waals surface area (Å²) < 4.78 is 0. The highest BCUT2D eigenvalue weighted by molar-refractivity contribution is 6.33. The normalized spacial score (nSPS) is 14.4. The van der Waals surface area contributed by atoms with E-state index in [1.54, 1.807) is 11.0 Å². The number of carbonyl (C=O) groups is 1. The van der Waals surface area contributed by atoms with Crippen molar-refractivity contribution in [3.63, 3.8) is 0 Å². The van der Waals surface area contributed by atoms with E-state index in [1.807, 2.05) is 13.8 Å². The number of hydrogen-bond donors (Lipinski definition) is 0. The lowest BCUT2D eigenvalue weighted by molar-refractivity contribution is -0.385. The second kappa shape index (κ2) is 5.79. The van der Waals surface area contributed by atoms with Crippen LogP contribution < -0.4 is 0 Å². The van der Waals surface area contributed by atoms with E-state index >= 15 is 0 Å². The summed E-state index contributed by atoms with van der Waals surface area (Å²) in [6.45, 7) is 4.48. The van der Waals surface area contributed by atoms with Gasteiger partial charge >= 0.3 is 5.69 Å². The van der Waals surface area contributed by atoms with Gasteiger partial charge in [-0.05, 0) is 44.7 Å². The van der Waals surface area contributed by atoms with Gasteiger partial charge < -0.3 is 4.90 Å². The van der Waals surface area contributed by atoms with Crippen LogP contribution in [0.15, 0.2) is 18.2 Å². The van der Waals surface area contributed by atoms with Crippen molar-refractivity contribution < 1.29 is 9.72 Å². The van der Waals surface area contributed by atoms with Crippen molar-refractivity contribution in [3.8, 4) is 0 Å². The lowest BCUT2D eigenvalue weighted by atomic mass is 10.1. The molecule has 1 saturated carbocycles. The predicted molar refractivity (Wildman–Crippen MR) is 77.0 cm³/mol. The third kappa shape index (κ3) is 3.10. The number of rotatable bonds is 5. The van der Waals surface area contributed by atoms with Crippen LogP contribution in [-0.4, -0.2) is 28.3 Å². The highest BCUT2D eigenvalue weighted by Crippen LogP contribution is 2.33. The summed E-state index contributed by atoms with van der Waals surface area (Å²) in [6.07, 6.45) is 2.24. The number of halogens is 1. The minimum Gasteiger partial charge on any atom is -0.336 e. The molecule has 1 fully saturated rings. The van der Waals surface area contributed by atoms with E-state index in [9.17, 15) is 14.9 Å². The number of para-hydroxylation sites is 1. The van der Waals surface area contributed by atoms with Gasteiger partial charge in [-0.1, -0.05) is 17.7 Å². The zero-order valence-corrected chi connectivity index (χ0v) is 12.3. The predicted octanol–water partition coefficient (Wildman–Crippen LogP) is 3.51. The van der Waals surface area contributed by atoms with E-state index in [0.717, 1.165) is 12.8 Å². The maximum absolute atomic E-state index is 12.6. The van der Waals surface area contributed by atoms with Gasteiger partial charge in [0.15, 0.2) is 0 Å². The van der Waals surface area contributed by atoms with Crippen molar-refractivity contribution in [2.24, 2.45) is 5.92 Å². The minimum absolute atomic E-state index is 0.00156. The van der Waals surface area contributed by atoms with Crippen LogP contribution in [0.3, 0.4) is 0 Å². The molecule has 6 heteroatoms. The van der Waals surface area contributed by atoms with Crippen LogP contribution in [0.5, 0.6) is 0 Å². The molecule has 0 saturated heterocycles.